The normalized spacial score (nSPS) is 12.8. The Hall–Kier alpha value is -8.05. The summed E-state index contributed by atoms with van der Waals surface area (Å²) >= 11 is 1.81. The van der Waals surface area contributed by atoms with Gasteiger partial charge in [0.25, 0.3) is 0 Å². The monoisotopic (exact) mass is 831 g/mol. The predicted octanol–water partition coefficient (Wildman–Crippen LogP) is 15.6. The molecule has 0 radical (unpaired) electrons. The Bertz CT molecular complexity index is 3770. The van der Waals surface area contributed by atoms with Crippen molar-refractivity contribution in [3.8, 4) is 56.4 Å². The highest BCUT2D eigenvalue weighted by atomic mass is 32.1. The van der Waals surface area contributed by atoms with Gasteiger partial charge in [-0.3, -0.25) is 0 Å². The molecule has 1 aliphatic carbocycles. The maximum Gasteiger partial charge on any atom is 0.164 e. The molecule has 12 aromatic rings. The van der Waals surface area contributed by atoms with Gasteiger partial charge in [0.05, 0.1) is 5.41 Å². The van der Waals surface area contributed by atoms with Gasteiger partial charge in [0.2, 0.25) is 0 Å². The lowest BCUT2D eigenvalue weighted by Crippen LogP contribution is -2.28. The van der Waals surface area contributed by atoms with E-state index in [2.05, 4.69) is 224 Å². The molecule has 0 aliphatic heterocycles. The molecule has 4 heteroatoms. The van der Waals surface area contributed by atoms with E-state index in [1.54, 1.807) is 0 Å². The van der Waals surface area contributed by atoms with Crippen LogP contribution in [0.25, 0.3) is 98.1 Å². The van der Waals surface area contributed by atoms with Gasteiger partial charge in [0.15, 0.2) is 17.5 Å². The topological polar surface area (TPSA) is 38.7 Å². The van der Waals surface area contributed by atoms with E-state index >= 15 is 0 Å². The number of hydrogen-bond donors (Lipinski definition) is 0. The molecule has 0 N–H and O–H groups in total. The van der Waals surface area contributed by atoms with Crippen LogP contribution in [0, 0.1) is 0 Å². The van der Waals surface area contributed by atoms with E-state index in [1.807, 2.05) is 11.3 Å². The number of aromatic nitrogens is 3. The molecule has 13 rings (SSSR count). The summed E-state index contributed by atoms with van der Waals surface area (Å²) in [6.07, 6.45) is 0. The molecule has 0 spiro atoms. The molecule has 0 bridgehead atoms. The predicted molar refractivity (Wildman–Crippen MR) is 267 cm³/mol. The van der Waals surface area contributed by atoms with Crippen LogP contribution in [0.3, 0.4) is 0 Å². The number of hydrogen-bond acceptors (Lipinski definition) is 4. The molecule has 0 atom stereocenters. The second-order valence-corrected chi connectivity index (χ2v) is 17.8. The zero-order valence-electron chi connectivity index (χ0n) is 34.6. The van der Waals surface area contributed by atoms with E-state index < -0.39 is 5.41 Å². The fourth-order valence-corrected chi connectivity index (χ4v) is 11.4. The first-order valence-electron chi connectivity index (χ1n) is 21.8. The molecule has 2 aromatic heterocycles. The lowest BCUT2D eigenvalue weighted by Gasteiger charge is -2.34. The second kappa shape index (κ2) is 14.5. The minimum atomic E-state index is -0.550. The Morgan fingerprint density at radius 2 is 0.844 bits per heavy atom. The third kappa shape index (κ3) is 5.63. The maximum atomic E-state index is 5.38. The van der Waals surface area contributed by atoms with Crippen LogP contribution in [-0.4, -0.2) is 15.0 Å². The molecule has 0 saturated carbocycles. The van der Waals surface area contributed by atoms with Crippen LogP contribution >= 0.6 is 11.3 Å². The molecule has 64 heavy (non-hydrogen) atoms. The summed E-state index contributed by atoms with van der Waals surface area (Å²) in [4.78, 5) is 16.1. The van der Waals surface area contributed by atoms with Gasteiger partial charge in [0, 0.05) is 36.9 Å². The van der Waals surface area contributed by atoms with Crippen LogP contribution in [-0.2, 0) is 5.41 Å². The highest BCUT2D eigenvalue weighted by Crippen LogP contribution is 2.56. The fourth-order valence-electron chi connectivity index (χ4n) is 10.4. The van der Waals surface area contributed by atoms with Gasteiger partial charge >= 0.3 is 0 Å². The molecular weight excluding hydrogens is 795 g/mol. The van der Waals surface area contributed by atoms with Crippen LogP contribution in [0.5, 0.6) is 0 Å². The van der Waals surface area contributed by atoms with E-state index in [1.165, 1.54) is 75.1 Å². The van der Waals surface area contributed by atoms with Gasteiger partial charge < -0.3 is 0 Å². The molecule has 0 saturated heterocycles. The summed E-state index contributed by atoms with van der Waals surface area (Å²) in [5, 5.41) is 7.36. The largest absolute Gasteiger partial charge is 0.208 e. The summed E-state index contributed by atoms with van der Waals surface area (Å²) in [6.45, 7) is 0. The Morgan fingerprint density at radius 1 is 0.312 bits per heavy atom. The van der Waals surface area contributed by atoms with Crippen LogP contribution in [0.4, 0.5) is 0 Å². The van der Waals surface area contributed by atoms with Gasteiger partial charge in [-0.25, -0.2) is 15.0 Å². The van der Waals surface area contributed by atoms with Crippen LogP contribution in [0.1, 0.15) is 22.3 Å². The Labute approximate surface area is 374 Å². The second-order valence-electron chi connectivity index (χ2n) is 16.7. The summed E-state index contributed by atoms with van der Waals surface area (Å²) in [6, 6.07) is 81.1. The van der Waals surface area contributed by atoms with Crippen molar-refractivity contribution in [1.29, 1.82) is 0 Å². The van der Waals surface area contributed by atoms with E-state index in [4.69, 9.17) is 15.0 Å². The zero-order chi connectivity index (χ0) is 42.2. The molecular formula is C60H37N3S. The minimum Gasteiger partial charge on any atom is -0.208 e. The van der Waals surface area contributed by atoms with Crippen molar-refractivity contribution in [1.82, 2.24) is 15.0 Å². The van der Waals surface area contributed by atoms with Gasteiger partial charge in [-0.2, -0.15) is 0 Å². The summed E-state index contributed by atoms with van der Waals surface area (Å²) in [7, 11) is 0. The molecule has 2 heterocycles. The van der Waals surface area contributed by atoms with Crippen molar-refractivity contribution >= 4 is 53.1 Å². The van der Waals surface area contributed by atoms with Gasteiger partial charge in [0.1, 0.15) is 0 Å². The van der Waals surface area contributed by atoms with Gasteiger partial charge in [-0.1, -0.05) is 188 Å². The van der Waals surface area contributed by atoms with Crippen molar-refractivity contribution in [3.05, 3.63) is 247 Å². The smallest absolute Gasteiger partial charge is 0.164 e. The fraction of sp³-hybridized carbons (Fsp3) is 0.0167. The summed E-state index contributed by atoms with van der Waals surface area (Å²) in [5.41, 5.74) is 12.0. The quantitative estimate of drug-likeness (QED) is 0.157. The highest BCUT2D eigenvalue weighted by molar-refractivity contribution is 7.25. The SMILES string of the molecule is c1ccc(C2(c3cccc(-c4nc(-c5cccc(-c6cccc7ccc8ccccc8c67)c5)nc(-c5ccc6sc7ccccc7c6c5)n4)c3)c3ccccc3-c3ccccc32)cc1. The molecule has 0 amide bonds. The molecule has 10 aromatic carbocycles. The highest BCUT2D eigenvalue weighted by Gasteiger charge is 2.46. The van der Waals surface area contributed by atoms with Crippen molar-refractivity contribution in [2.75, 3.05) is 0 Å². The average Bonchev–Trinajstić information content (AvgIpc) is 3.90. The van der Waals surface area contributed by atoms with Crippen molar-refractivity contribution in [3.63, 3.8) is 0 Å². The lowest BCUT2D eigenvalue weighted by atomic mass is 9.67. The molecule has 0 fully saturated rings. The van der Waals surface area contributed by atoms with Crippen LogP contribution in [0.15, 0.2) is 224 Å². The van der Waals surface area contributed by atoms with E-state index in [0.29, 0.717) is 17.5 Å². The van der Waals surface area contributed by atoms with Gasteiger partial charge in [-0.05, 0) is 102 Å². The first-order chi connectivity index (χ1) is 31.7. The van der Waals surface area contributed by atoms with Crippen LogP contribution < -0.4 is 0 Å². The molecule has 298 valence electrons. The first-order valence-corrected chi connectivity index (χ1v) is 22.6. The van der Waals surface area contributed by atoms with Crippen LogP contribution in [0.2, 0.25) is 0 Å². The van der Waals surface area contributed by atoms with Crippen molar-refractivity contribution in [2.45, 2.75) is 5.41 Å². The van der Waals surface area contributed by atoms with Crippen molar-refractivity contribution < 1.29 is 0 Å². The van der Waals surface area contributed by atoms with E-state index in [9.17, 15) is 0 Å². The number of fused-ring (bicyclic) bond motifs is 9. The average molecular weight is 832 g/mol. The number of thiophene rings is 1. The Morgan fingerprint density at radius 3 is 1.62 bits per heavy atom. The maximum absolute atomic E-state index is 5.38. The molecule has 1 aliphatic rings. The lowest BCUT2D eigenvalue weighted by molar-refractivity contribution is 0.768. The zero-order valence-corrected chi connectivity index (χ0v) is 35.4. The summed E-state index contributed by atoms with van der Waals surface area (Å²) in [5.74, 6) is 1.89. The third-order valence-corrected chi connectivity index (χ3v) is 14.3. The molecule has 0 unspecified atom stereocenters. The first kappa shape index (κ1) is 36.6. The Kier molecular flexibility index (Phi) is 8.30. The standard InChI is InChI=1S/C60H37N3S/c1-2-20-44(21-3-1)60(52-28-9-6-24-48(52)49-25-7-10-29-53(49)60)45-22-13-19-42(36-45)58-61-57(62-59(63-58)43-33-34-55-51(37-43)50-26-8-11-30-54(50)64-55)41-18-12-17-40(35-41)47-27-14-16-39-32-31-38-15-4-5-23-46(38)56(39)47/h1-37H. The summed E-state index contributed by atoms with van der Waals surface area (Å²) < 4.78 is 2.51. The van der Waals surface area contributed by atoms with E-state index in [-0.39, 0.29) is 0 Å². The van der Waals surface area contributed by atoms with Gasteiger partial charge in [-0.15, -0.1) is 11.3 Å². The number of rotatable bonds is 6. The van der Waals surface area contributed by atoms with E-state index in [0.717, 1.165) is 27.8 Å². The molecule has 3 nitrogen and oxygen atoms in total. The number of benzene rings is 10. The van der Waals surface area contributed by atoms with Crippen molar-refractivity contribution in [2.24, 2.45) is 0 Å². The number of nitrogens with zero attached hydrogens (tertiary/aromatic N) is 3. The minimum absolute atomic E-state index is 0.550. The Balaban J connectivity index is 1.03. The third-order valence-electron chi connectivity index (χ3n) is 13.2.